The quantitative estimate of drug-likeness (QED) is 0.128. The molecule has 0 atom stereocenters. The van der Waals surface area contributed by atoms with E-state index in [4.69, 9.17) is 5.21 Å². The average molecular weight is 456 g/mol. The summed E-state index contributed by atoms with van der Waals surface area (Å²) in [4.78, 5) is 23.6. The van der Waals surface area contributed by atoms with E-state index >= 15 is 0 Å². The predicted octanol–water partition coefficient (Wildman–Crippen LogP) is 4.71. The SMILES string of the molecule is O=C(CCCCCNC(=O)/C(=C\c1ccc(F)c(F)c1)c1ccc(C(F)(F)F)cc1)NO. The van der Waals surface area contributed by atoms with Crippen molar-refractivity contribution in [2.45, 2.75) is 31.9 Å². The van der Waals surface area contributed by atoms with Gasteiger partial charge < -0.3 is 5.32 Å². The Morgan fingerprint density at radius 2 is 1.62 bits per heavy atom. The molecule has 0 unspecified atom stereocenters. The van der Waals surface area contributed by atoms with Gasteiger partial charge in [0.1, 0.15) is 0 Å². The maximum atomic E-state index is 13.5. The molecule has 0 radical (unpaired) electrons. The lowest BCUT2D eigenvalue weighted by Gasteiger charge is -2.12. The summed E-state index contributed by atoms with van der Waals surface area (Å²) in [6.07, 6.45) is -1.59. The van der Waals surface area contributed by atoms with E-state index in [0.717, 1.165) is 36.4 Å². The molecule has 2 aromatic rings. The lowest BCUT2D eigenvalue weighted by atomic mass is 10.00. The third kappa shape index (κ3) is 7.45. The minimum atomic E-state index is -4.54. The van der Waals surface area contributed by atoms with Gasteiger partial charge in [0.25, 0.3) is 5.91 Å². The molecule has 0 aliphatic rings. The van der Waals surface area contributed by atoms with E-state index in [1.54, 1.807) is 0 Å². The van der Waals surface area contributed by atoms with Gasteiger partial charge in [0.15, 0.2) is 11.6 Å². The van der Waals surface area contributed by atoms with Crippen LogP contribution in [0.25, 0.3) is 11.6 Å². The zero-order valence-electron chi connectivity index (χ0n) is 16.8. The number of halogens is 5. The summed E-state index contributed by atoms with van der Waals surface area (Å²) in [6.45, 7) is 0.218. The number of hydrogen-bond donors (Lipinski definition) is 3. The van der Waals surface area contributed by atoms with Crippen molar-refractivity contribution in [2.75, 3.05) is 6.54 Å². The third-order valence-corrected chi connectivity index (χ3v) is 4.51. The maximum Gasteiger partial charge on any atom is 0.416 e. The van der Waals surface area contributed by atoms with Crippen molar-refractivity contribution in [3.63, 3.8) is 0 Å². The van der Waals surface area contributed by atoms with Crippen LogP contribution in [0.1, 0.15) is 42.4 Å². The normalized spacial score (nSPS) is 11.9. The summed E-state index contributed by atoms with van der Waals surface area (Å²) in [7, 11) is 0. The third-order valence-electron chi connectivity index (χ3n) is 4.51. The maximum absolute atomic E-state index is 13.5. The first-order chi connectivity index (χ1) is 15.1. The zero-order chi connectivity index (χ0) is 23.7. The van der Waals surface area contributed by atoms with Crippen LogP contribution < -0.4 is 10.8 Å². The number of alkyl halides is 3. The van der Waals surface area contributed by atoms with E-state index in [1.807, 2.05) is 0 Å². The van der Waals surface area contributed by atoms with Crippen LogP contribution in [0.2, 0.25) is 0 Å². The molecule has 0 aromatic heterocycles. The Kier molecular flexibility index (Phi) is 8.89. The number of benzene rings is 2. The average Bonchev–Trinajstić information content (AvgIpc) is 2.76. The van der Waals surface area contributed by atoms with Crippen molar-refractivity contribution < 1.29 is 36.7 Å². The Bertz CT molecular complexity index is 973. The molecule has 0 heterocycles. The molecular formula is C22H21F5N2O3. The zero-order valence-corrected chi connectivity index (χ0v) is 16.8. The molecule has 5 nitrogen and oxygen atoms in total. The fourth-order valence-electron chi connectivity index (χ4n) is 2.83. The van der Waals surface area contributed by atoms with E-state index in [-0.39, 0.29) is 29.7 Å². The number of carbonyl (C=O) groups is 2. The van der Waals surface area contributed by atoms with Gasteiger partial charge >= 0.3 is 6.18 Å². The Morgan fingerprint density at radius 3 is 2.22 bits per heavy atom. The molecule has 0 saturated carbocycles. The van der Waals surface area contributed by atoms with Crippen LogP contribution in [0.15, 0.2) is 42.5 Å². The molecule has 32 heavy (non-hydrogen) atoms. The minimum absolute atomic E-state index is 0.0237. The van der Waals surface area contributed by atoms with Crippen molar-refractivity contribution in [1.29, 1.82) is 0 Å². The highest BCUT2D eigenvalue weighted by molar-refractivity contribution is 6.24. The van der Waals surface area contributed by atoms with E-state index in [1.165, 1.54) is 17.6 Å². The lowest BCUT2D eigenvalue weighted by molar-refractivity contribution is -0.137. The molecule has 2 rings (SSSR count). The van der Waals surface area contributed by atoms with E-state index in [2.05, 4.69) is 5.32 Å². The highest BCUT2D eigenvalue weighted by atomic mass is 19.4. The molecular weight excluding hydrogens is 435 g/mol. The summed E-state index contributed by atoms with van der Waals surface area (Å²) in [5.41, 5.74) is 0.925. The van der Waals surface area contributed by atoms with Gasteiger partial charge in [0.2, 0.25) is 5.91 Å². The van der Waals surface area contributed by atoms with Gasteiger partial charge in [-0.15, -0.1) is 0 Å². The number of carbonyl (C=O) groups excluding carboxylic acids is 2. The van der Waals surface area contributed by atoms with Crippen molar-refractivity contribution in [3.05, 3.63) is 70.8 Å². The molecule has 0 bridgehead atoms. The van der Waals surface area contributed by atoms with Gasteiger partial charge in [-0.3, -0.25) is 14.8 Å². The number of hydrogen-bond acceptors (Lipinski definition) is 3. The summed E-state index contributed by atoms with van der Waals surface area (Å²) in [5, 5.41) is 11.1. The van der Waals surface area contributed by atoms with Gasteiger partial charge in [0.05, 0.1) is 5.56 Å². The summed E-state index contributed by atoms with van der Waals surface area (Å²) < 4.78 is 65.3. The summed E-state index contributed by atoms with van der Waals surface area (Å²) in [6, 6.07) is 6.90. The van der Waals surface area contributed by atoms with Gasteiger partial charge in [-0.2, -0.15) is 13.2 Å². The van der Waals surface area contributed by atoms with Crippen LogP contribution >= 0.6 is 0 Å². The monoisotopic (exact) mass is 456 g/mol. The molecule has 0 saturated heterocycles. The summed E-state index contributed by atoms with van der Waals surface area (Å²) in [5.74, 6) is -3.33. The highest BCUT2D eigenvalue weighted by Crippen LogP contribution is 2.30. The highest BCUT2D eigenvalue weighted by Gasteiger charge is 2.30. The number of nitrogens with one attached hydrogen (secondary N) is 2. The molecule has 10 heteroatoms. The number of amides is 2. The molecule has 2 aromatic carbocycles. The largest absolute Gasteiger partial charge is 0.416 e. The van der Waals surface area contributed by atoms with Crippen LogP contribution in [-0.4, -0.2) is 23.6 Å². The smallest absolute Gasteiger partial charge is 0.352 e. The lowest BCUT2D eigenvalue weighted by Crippen LogP contribution is -2.25. The molecule has 0 spiro atoms. The van der Waals surface area contributed by atoms with Gasteiger partial charge in [0, 0.05) is 18.5 Å². The second-order valence-electron chi connectivity index (χ2n) is 6.91. The Morgan fingerprint density at radius 1 is 0.938 bits per heavy atom. The van der Waals surface area contributed by atoms with Crippen molar-refractivity contribution in [3.8, 4) is 0 Å². The number of rotatable bonds is 9. The van der Waals surface area contributed by atoms with E-state index in [9.17, 15) is 31.5 Å². The fraction of sp³-hybridized carbons (Fsp3) is 0.273. The van der Waals surface area contributed by atoms with Crippen molar-refractivity contribution in [2.24, 2.45) is 0 Å². The number of unbranched alkanes of at least 4 members (excludes halogenated alkanes) is 2. The second kappa shape index (κ2) is 11.4. The Labute approximate surface area is 180 Å². The Hall–Kier alpha value is -3.27. The van der Waals surface area contributed by atoms with Crippen molar-refractivity contribution >= 4 is 23.5 Å². The standard InChI is InChI=1S/C22H21F5N2O3/c23-18-10-5-14(13-19(18)24)12-17(15-6-8-16(9-7-15)22(25,26)27)21(31)28-11-3-1-2-4-20(30)29-32/h5-10,12-13,32H,1-4,11H2,(H,28,31)(H,29,30)/b17-12-. The van der Waals surface area contributed by atoms with Crippen molar-refractivity contribution in [1.82, 2.24) is 10.8 Å². The first-order valence-corrected chi connectivity index (χ1v) is 9.67. The van der Waals surface area contributed by atoms with Crippen LogP contribution in [0.5, 0.6) is 0 Å². The topological polar surface area (TPSA) is 78.4 Å². The van der Waals surface area contributed by atoms with Gasteiger partial charge in [-0.05, 0) is 54.3 Å². The van der Waals surface area contributed by atoms with Gasteiger partial charge in [-0.25, -0.2) is 14.3 Å². The van der Waals surface area contributed by atoms with Crippen LogP contribution in [-0.2, 0) is 15.8 Å². The first-order valence-electron chi connectivity index (χ1n) is 9.67. The van der Waals surface area contributed by atoms with Crippen LogP contribution in [0.4, 0.5) is 22.0 Å². The van der Waals surface area contributed by atoms with Crippen LogP contribution in [0, 0.1) is 11.6 Å². The van der Waals surface area contributed by atoms with Crippen LogP contribution in [0.3, 0.4) is 0 Å². The van der Waals surface area contributed by atoms with E-state index < -0.39 is 35.2 Å². The van der Waals surface area contributed by atoms with E-state index in [0.29, 0.717) is 19.3 Å². The molecule has 0 aliphatic heterocycles. The molecule has 0 aliphatic carbocycles. The molecule has 3 N–H and O–H groups in total. The molecule has 2 amide bonds. The second-order valence-corrected chi connectivity index (χ2v) is 6.91. The minimum Gasteiger partial charge on any atom is -0.352 e. The first kappa shape index (κ1) is 25.0. The molecule has 0 fully saturated rings. The summed E-state index contributed by atoms with van der Waals surface area (Å²) >= 11 is 0. The molecule has 172 valence electrons. The fourth-order valence-corrected chi connectivity index (χ4v) is 2.83. The number of hydroxylamine groups is 1. The predicted molar refractivity (Wildman–Crippen MR) is 107 cm³/mol. The van der Waals surface area contributed by atoms with Gasteiger partial charge in [-0.1, -0.05) is 24.6 Å². The Balaban J connectivity index is 2.17.